The Labute approximate surface area is 197 Å². The lowest BCUT2D eigenvalue weighted by Gasteiger charge is -2.40. The number of rotatable bonds is 6. The molecule has 7 nitrogen and oxygen atoms in total. The zero-order valence-electron chi connectivity index (χ0n) is 17.8. The Balaban J connectivity index is 1.23. The molecule has 1 amide bonds. The van der Waals surface area contributed by atoms with Crippen LogP contribution in [0.15, 0.2) is 30.6 Å². The van der Waals surface area contributed by atoms with E-state index in [1.807, 2.05) is 17.0 Å². The maximum atomic E-state index is 13.1. The highest BCUT2D eigenvalue weighted by atomic mass is 35.5. The van der Waals surface area contributed by atoms with Gasteiger partial charge in [-0.2, -0.15) is 0 Å². The summed E-state index contributed by atoms with van der Waals surface area (Å²) in [5.41, 5.74) is 1.03. The van der Waals surface area contributed by atoms with Gasteiger partial charge in [-0.05, 0) is 31.2 Å². The van der Waals surface area contributed by atoms with E-state index in [9.17, 15) is 9.18 Å². The van der Waals surface area contributed by atoms with Crippen molar-refractivity contribution in [3.8, 4) is 0 Å². The molecule has 2 saturated heterocycles. The molecule has 2 fully saturated rings. The van der Waals surface area contributed by atoms with Gasteiger partial charge in [-0.15, -0.1) is 0 Å². The molecule has 4 rings (SSSR count). The van der Waals surface area contributed by atoms with Crippen molar-refractivity contribution >= 4 is 34.8 Å². The molecule has 2 aliphatic heterocycles. The minimum absolute atomic E-state index is 0.158. The molecule has 0 bridgehead atoms. The summed E-state index contributed by atoms with van der Waals surface area (Å²) in [7, 11) is 0. The SMILES string of the molecule is O=C(C1CN(CCCc2ncc(F)cn2)CCN1)N1CCN(c2ccc(Cl)c(Cl)c2)CC1. The summed E-state index contributed by atoms with van der Waals surface area (Å²) in [5.74, 6) is 0.384. The number of nitrogens with zero attached hydrogens (tertiary/aromatic N) is 5. The van der Waals surface area contributed by atoms with Gasteiger partial charge in [-0.25, -0.2) is 14.4 Å². The van der Waals surface area contributed by atoms with Crippen LogP contribution in [0.2, 0.25) is 10.0 Å². The number of halogens is 3. The first-order chi connectivity index (χ1) is 15.5. The summed E-state index contributed by atoms with van der Waals surface area (Å²) in [4.78, 5) is 27.6. The lowest BCUT2D eigenvalue weighted by atomic mass is 10.1. The predicted octanol–water partition coefficient (Wildman–Crippen LogP) is 2.48. The van der Waals surface area contributed by atoms with Gasteiger partial charge in [0.15, 0.2) is 5.82 Å². The van der Waals surface area contributed by atoms with Crippen LogP contribution in [0.25, 0.3) is 0 Å². The number of aromatic nitrogens is 2. The van der Waals surface area contributed by atoms with Gasteiger partial charge in [0.05, 0.1) is 28.5 Å². The molecule has 172 valence electrons. The molecule has 3 heterocycles. The average Bonchev–Trinajstić information content (AvgIpc) is 2.82. The average molecular weight is 481 g/mol. The molecular weight excluding hydrogens is 454 g/mol. The zero-order valence-corrected chi connectivity index (χ0v) is 19.3. The van der Waals surface area contributed by atoms with E-state index in [0.717, 1.165) is 44.8 Å². The highest BCUT2D eigenvalue weighted by Gasteiger charge is 2.30. The highest BCUT2D eigenvalue weighted by Crippen LogP contribution is 2.27. The second kappa shape index (κ2) is 10.7. The molecule has 32 heavy (non-hydrogen) atoms. The third-order valence-corrected chi connectivity index (χ3v) is 6.70. The van der Waals surface area contributed by atoms with E-state index >= 15 is 0 Å². The number of aryl methyl sites for hydroxylation is 1. The number of carbonyl (C=O) groups excluding carboxylic acids is 1. The van der Waals surface area contributed by atoms with E-state index in [2.05, 4.69) is 25.1 Å². The van der Waals surface area contributed by atoms with Crippen molar-refractivity contribution in [3.05, 3.63) is 52.3 Å². The smallest absolute Gasteiger partial charge is 0.241 e. The first kappa shape index (κ1) is 23.2. The second-order valence-electron chi connectivity index (χ2n) is 8.14. The predicted molar refractivity (Wildman–Crippen MR) is 124 cm³/mol. The first-order valence-corrected chi connectivity index (χ1v) is 11.7. The van der Waals surface area contributed by atoms with Crippen molar-refractivity contribution < 1.29 is 9.18 Å². The van der Waals surface area contributed by atoms with E-state index in [1.54, 1.807) is 6.07 Å². The van der Waals surface area contributed by atoms with Crippen molar-refractivity contribution in [3.63, 3.8) is 0 Å². The molecule has 0 saturated carbocycles. The summed E-state index contributed by atoms with van der Waals surface area (Å²) >= 11 is 12.2. The number of benzene rings is 1. The minimum Gasteiger partial charge on any atom is -0.368 e. The Hall–Kier alpha value is -2.00. The molecule has 1 aromatic carbocycles. The molecule has 10 heteroatoms. The highest BCUT2D eigenvalue weighted by molar-refractivity contribution is 6.42. The summed E-state index contributed by atoms with van der Waals surface area (Å²) in [6, 6.07) is 5.45. The van der Waals surface area contributed by atoms with E-state index in [-0.39, 0.29) is 11.9 Å². The third-order valence-electron chi connectivity index (χ3n) is 5.97. The number of anilines is 1. The second-order valence-corrected chi connectivity index (χ2v) is 8.95. The van der Waals surface area contributed by atoms with Crippen molar-refractivity contribution in [1.82, 2.24) is 25.1 Å². The van der Waals surface area contributed by atoms with Crippen molar-refractivity contribution in [1.29, 1.82) is 0 Å². The minimum atomic E-state index is -0.421. The van der Waals surface area contributed by atoms with E-state index in [1.165, 1.54) is 12.4 Å². The van der Waals surface area contributed by atoms with E-state index in [0.29, 0.717) is 41.9 Å². The Morgan fingerprint density at radius 3 is 2.56 bits per heavy atom. The zero-order chi connectivity index (χ0) is 22.5. The lowest BCUT2D eigenvalue weighted by molar-refractivity contribution is -0.134. The van der Waals surface area contributed by atoms with Crippen LogP contribution in [0.1, 0.15) is 12.2 Å². The van der Waals surface area contributed by atoms with Crippen LogP contribution in [0, 0.1) is 5.82 Å². The lowest BCUT2D eigenvalue weighted by Crippen LogP contribution is -2.60. The van der Waals surface area contributed by atoms with E-state index < -0.39 is 5.82 Å². The maximum absolute atomic E-state index is 13.1. The van der Waals surface area contributed by atoms with E-state index in [4.69, 9.17) is 23.2 Å². The fourth-order valence-corrected chi connectivity index (χ4v) is 4.49. The van der Waals surface area contributed by atoms with Crippen molar-refractivity contribution in [2.75, 3.05) is 57.3 Å². The molecular formula is C22H27Cl2FN6O. The van der Waals surface area contributed by atoms with Gasteiger partial charge in [0.2, 0.25) is 5.91 Å². The normalized spacial score (nSPS) is 19.9. The fourth-order valence-electron chi connectivity index (χ4n) is 4.20. The van der Waals surface area contributed by atoms with Gasteiger partial charge in [-0.3, -0.25) is 9.69 Å². The van der Waals surface area contributed by atoms with Crippen LogP contribution in [0.4, 0.5) is 10.1 Å². The molecule has 1 aromatic heterocycles. The van der Waals surface area contributed by atoms with Gasteiger partial charge in [-0.1, -0.05) is 23.2 Å². The number of amides is 1. The van der Waals surface area contributed by atoms with Crippen LogP contribution in [0.5, 0.6) is 0 Å². The largest absolute Gasteiger partial charge is 0.368 e. The Bertz CT molecular complexity index is 923. The molecule has 1 N–H and O–H groups in total. The van der Waals surface area contributed by atoms with Crippen LogP contribution in [0.3, 0.4) is 0 Å². The Morgan fingerprint density at radius 2 is 1.84 bits per heavy atom. The number of nitrogens with one attached hydrogen (secondary N) is 1. The number of hydrogen-bond donors (Lipinski definition) is 1. The molecule has 0 spiro atoms. The van der Waals surface area contributed by atoms with Gasteiger partial charge in [0.25, 0.3) is 0 Å². The molecule has 0 aliphatic carbocycles. The quantitative estimate of drug-likeness (QED) is 0.684. The van der Waals surface area contributed by atoms with Gasteiger partial charge < -0.3 is 15.1 Å². The summed E-state index contributed by atoms with van der Waals surface area (Å²) in [5, 5.41) is 4.46. The number of hydrogen-bond acceptors (Lipinski definition) is 6. The fraction of sp³-hybridized carbons (Fsp3) is 0.500. The van der Waals surface area contributed by atoms with Gasteiger partial charge in [0.1, 0.15) is 5.82 Å². The Kier molecular flexibility index (Phi) is 7.78. The van der Waals surface area contributed by atoms with Gasteiger partial charge >= 0.3 is 0 Å². The number of piperazine rings is 2. The molecule has 2 aromatic rings. The Morgan fingerprint density at radius 1 is 1.09 bits per heavy atom. The molecule has 0 radical (unpaired) electrons. The van der Waals surface area contributed by atoms with Crippen LogP contribution >= 0.6 is 23.2 Å². The maximum Gasteiger partial charge on any atom is 0.241 e. The summed E-state index contributed by atoms with van der Waals surface area (Å²) < 4.78 is 12.9. The molecule has 1 atom stereocenters. The van der Waals surface area contributed by atoms with Crippen molar-refractivity contribution in [2.45, 2.75) is 18.9 Å². The standard InChI is InChI=1S/C22H27Cl2FN6O/c23-18-4-3-17(12-19(18)24)30-8-10-31(11-9-30)22(32)20-15-29(7-5-26-20)6-1-2-21-27-13-16(25)14-28-21/h3-4,12-14,20,26H,1-2,5-11,15H2. The van der Waals surface area contributed by atoms with Gasteiger partial charge in [0, 0.05) is 57.9 Å². The van der Waals surface area contributed by atoms with Crippen LogP contribution < -0.4 is 10.2 Å². The molecule has 1 unspecified atom stereocenters. The van der Waals surface area contributed by atoms with Crippen LogP contribution in [-0.4, -0.2) is 84.1 Å². The van der Waals surface area contributed by atoms with Crippen LogP contribution in [-0.2, 0) is 11.2 Å². The molecule has 2 aliphatic rings. The first-order valence-electron chi connectivity index (χ1n) is 10.9. The monoisotopic (exact) mass is 480 g/mol. The third kappa shape index (κ3) is 5.86. The number of carbonyl (C=O) groups is 1. The summed E-state index contributed by atoms with van der Waals surface area (Å²) in [6.45, 7) is 6.12. The van der Waals surface area contributed by atoms with Crippen molar-refractivity contribution in [2.24, 2.45) is 0 Å². The topological polar surface area (TPSA) is 64.6 Å². The summed E-state index contributed by atoms with van der Waals surface area (Å²) in [6.07, 6.45) is 3.96.